The van der Waals surface area contributed by atoms with Gasteiger partial charge in [-0.05, 0) is 44.0 Å². The van der Waals surface area contributed by atoms with Crippen molar-refractivity contribution in [1.82, 2.24) is 20.1 Å². The fourth-order valence-corrected chi connectivity index (χ4v) is 3.95. The number of hydrogen-bond acceptors (Lipinski definition) is 4. The first kappa shape index (κ1) is 21.0. The predicted octanol–water partition coefficient (Wildman–Crippen LogP) is 4.39. The predicted molar refractivity (Wildman–Crippen MR) is 113 cm³/mol. The van der Waals surface area contributed by atoms with E-state index >= 15 is 0 Å². The number of hydrogen-bond donors (Lipinski definition) is 1. The largest absolute Gasteiger partial charge is 0.349 e. The van der Waals surface area contributed by atoms with Gasteiger partial charge >= 0.3 is 0 Å². The quantitative estimate of drug-likeness (QED) is 0.558. The van der Waals surface area contributed by atoms with Gasteiger partial charge in [-0.1, -0.05) is 54.2 Å². The number of nitrogens with zero attached hydrogens (tertiary/aromatic N) is 3. The van der Waals surface area contributed by atoms with Crippen molar-refractivity contribution in [2.75, 3.05) is 0 Å². The molecule has 3 aromatic rings. The fraction of sp³-hybridized carbons (Fsp3) is 0.318. The second-order valence-electron chi connectivity index (χ2n) is 6.85. The zero-order valence-corrected chi connectivity index (χ0v) is 17.6. The van der Waals surface area contributed by atoms with Crippen LogP contribution in [0, 0.1) is 5.82 Å². The van der Waals surface area contributed by atoms with Gasteiger partial charge in [-0.2, -0.15) is 0 Å². The molecule has 29 heavy (non-hydrogen) atoms. The van der Waals surface area contributed by atoms with Crippen LogP contribution in [0.15, 0.2) is 59.8 Å². The number of halogens is 1. The van der Waals surface area contributed by atoms with Crippen molar-refractivity contribution in [3.05, 3.63) is 77.4 Å². The van der Waals surface area contributed by atoms with Crippen LogP contribution in [0.2, 0.25) is 0 Å². The molecule has 152 valence electrons. The third-order valence-corrected chi connectivity index (χ3v) is 5.78. The molecule has 1 amide bonds. The number of carbonyl (C=O) groups excluding carboxylic acids is 1. The van der Waals surface area contributed by atoms with E-state index in [0.29, 0.717) is 6.42 Å². The van der Waals surface area contributed by atoms with Gasteiger partial charge in [0.25, 0.3) is 0 Å². The molecule has 3 rings (SSSR count). The summed E-state index contributed by atoms with van der Waals surface area (Å²) in [6, 6.07) is 16.1. The van der Waals surface area contributed by atoms with Crippen molar-refractivity contribution in [1.29, 1.82) is 0 Å². The van der Waals surface area contributed by atoms with Gasteiger partial charge in [-0.3, -0.25) is 4.79 Å². The lowest BCUT2D eigenvalue weighted by molar-refractivity contribution is -0.120. The molecular weight excluding hydrogens is 387 g/mol. The second kappa shape index (κ2) is 9.69. The van der Waals surface area contributed by atoms with Gasteiger partial charge in [0.2, 0.25) is 5.91 Å². The number of nitrogens with one attached hydrogen (secondary N) is 1. The molecule has 0 spiro atoms. The molecule has 0 saturated heterocycles. The van der Waals surface area contributed by atoms with Gasteiger partial charge in [0.15, 0.2) is 5.16 Å². The van der Waals surface area contributed by atoms with E-state index in [9.17, 15) is 9.18 Å². The molecule has 0 aliphatic rings. The highest BCUT2D eigenvalue weighted by Crippen LogP contribution is 2.24. The van der Waals surface area contributed by atoms with E-state index in [4.69, 9.17) is 0 Å². The lowest BCUT2D eigenvalue weighted by Gasteiger charge is -2.18. The Kier molecular flexibility index (Phi) is 7.04. The smallest absolute Gasteiger partial charge is 0.233 e. The summed E-state index contributed by atoms with van der Waals surface area (Å²) in [5.41, 5.74) is 2.03. The minimum Gasteiger partial charge on any atom is -0.349 e. The molecule has 1 heterocycles. The Morgan fingerprint density at radius 2 is 1.79 bits per heavy atom. The number of thioether (sulfide) groups is 1. The SMILES string of the molecule is CCn1c(Cc2ccccc2)nnc1SC(C)C(=O)NC(C)c1ccc(F)cc1. The Balaban J connectivity index is 1.64. The van der Waals surface area contributed by atoms with Crippen molar-refractivity contribution in [2.45, 2.75) is 50.2 Å². The number of rotatable bonds is 8. The van der Waals surface area contributed by atoms with E-state index in [2.05, 4.69) is 27.6 Å². The van der Waals surface area contributed by atoms with Crippen molar-refractivity contribution in [3.8, 4) is 0 Å². The Labute approximate surface area is 174 Å². The maximum absolute atomic E-state index is 13.1. The Morgan fingerprint density at radius 1 is 1.10 bits per heavy atom. The molecule has 1 aromatic heterocycles. The first-order valence-corrected chi connectivity index (χ1v) is 10.5. The summed E-state index contributed by atoms with van der Waals surface area (Å²) >= 11 is 1.39. The molecule has 2 atom stereocenters. The van der Waals surface area contributed by atoms with Crippen LogP contribution in [0.4, 0.5) is 4.39 Å². The number of amides is 1. The van der Waals surface area contributed by atoms with Crippen LogP contribution in [-0.4, -0.2) is 25.9 Å². The lowest BCUT2D eigenvalue weighted by Crippen LogP contribution is -2.33. The van der Waals surface area contributed by atoms with Gasteiger partial charge < -0.3 is 9.88 Å². The molecule has 0 bridgehead atoms. The van der Waals surface area contributed by atoms with Crippen LogP contribution >= 0.6 is 11.8 Å². The van der Waals surface area contributed by atoms with Crippen LogP contribution in [0.5, 0.6) is 0 Å². The lowest BCUT2D eigenvalue weighted by atomic mass is 10.1. The molecule has 2 unspecified atom stereocenters. The number of benzene rings is 2. The van der Waals surface area contributed by atoms with E-state index < -0.39 is 0 Å². The van der Waals surface area contributed by atoms with E-state index in [-0.39, 0.29) is 23.0 Å². The number of aromatic nitrogens is 3. The average Bonchev–Trinajstić information content (AvgIpc) is 3.10. The van der Waals surface area contributed by atoms with Gasteiger partial charge in [-0.25, -0.2) is 4.39 Å². The first-order chi connectivity index (χ1) is 14.0. The monoisotopic (exact) mass is 412 g/mol. The average molecular weight is 413 g/mol. The summed E-state index contributed by atoms with van der Waals surface area (Å²) in [5.74, 6) is 0.497. The molecular formula is C22H25FN4OS. The van der Waals surface area contributed by atoms with Crippen molar-refractivity contribution >= 4 is 17.7 Å². The van der Waals surface area contributed by atoms with Gasteiger partial charge in [0.05, 0.1) is 11.3 Å². The molecule has 0 aliphatic carbocycles. The summed E-state index contributed by atoms with van der Waals surface area (Å²) in [6.07, 6.45) is 0.699. The van der Waals surface area contributed by atoms with E-state index in [1.165, 1.54) is 29.5 Å². The van der Waals surface area contributed by atoms with Crippen molar-refractivity contribution < 1.29 is 9.18 Å². The maximum Gasteiger partial charge on any atom is 0.233 e. The van der Waals surface area contributed by atoms with Crippen LogP contribution < -0.4 is 5.32 Å². The van der Waals surface area contributed by atoms with Gasteiger partial charge in [0, 0.05) is 13.0 Å². The Bertz CT molecular complexity index is 943. The molecule has 0 radical (unpaired) electrons. The topological polar surface area (TPSA) is 59.8 Å². The van der Waals surface area contributed by atoms with E-state index in [0.717, 1.165) is 23.1 Å². The third-order valence-electron chi connectivity index (χ3n) is 4.69. The molecule has 1 N–H and O–H groups in total. The Morgan fingerprint density at radius 3 is 2.45 bits per heavy atom. The van der Waals surface area contributed by atoms with Gasteiger partial charge in [-0.15, -0.1) is 10.2 Å². The summed E-state index contributed by atoms with van der Waals surface area (Å²) in [5, 5.41) is 12.0. The highest BCUT2D eigenvalue weighted by molar-refractivity contribution is 8.00. The summed E-state index contributed by atoms with van der Waals surface area (Å²) in [7, 11) is 0. The second-order valence-corrected chi connectivity index (χ2v) is 8.16. The third kappa shape index (κ3) is 5.44. The number of carbonyl (C=O) groups is 1. The van der Waals surface area contributed by atoms with Crippen LogP contribution in [0.3, 0.4) is 0 Å². The Hall–Kier alpha value is -2.67. The molecule has 5 nitrogen and oxygen atoms in total. The first-order valence-electron chi connectivity index (χ1n) is 9.66. The zero-order chi connectivity index (χ0) is 20.8. The maximum atomic E-state index is 13.1. The zero-order valence-electron chi connectivity index (χ0n) is 16.8. The minimum atomic E-state index is -0.336. The standard InChI is InChI=1S/C22H25FN4OS/c1-4-27-20(14-17-8-6-5-7-9-17)25-26-22(27)29-16(3)21(28)24-15(2)18-10-12-19(23)13-11-18/h5-13,15-16H,4,14H2,1-3H3,(H,24,28). The highest BCUT2D eigenvalue weighted by Gasteiger charge is 2.21. The summed E-state index contributed by atoms with van der Waals surface area (Å²) in [4.78, 5) is 12.6. The molecule has 7 heteroatoms. The summed E-state index contributed by atoms with van der Waals surface area (Å²) in [6.45, 7) is 6.51. The van der Waals surface area contributed by atoms with Gasteiger partial charge in [0.1, 0.15) is 11.6 Å². The van der Waals surface area contributed by atoms with Crippen LogP contribution in [0.25, 0.3) is 0 Å². The van der Waals surface area contributed by atoms with Crippen LogP contribution in [-0.2, 0) is 17.8 Å². The van der Waals surface area contributed by atoms with Crippen molar-refractivity contribution in [3.63, 3.8) is 0 Å². The minimum absolute atomic E-state index is 0.0953. The van der Waals surface area contributed by atoms with E-state index in [1.54, 1.807) is 12.1 Å². The highest BCUT2D eigenvalue weighted by atomic mass is 32.2. The van der Waals surface area contributed by atoms with Crippen molar-refractivity contribution in [2.24, 2.45) is 0 Å². The molecule has 0 fully saturated rings. The molecule has 0 saturated carbocycles. The molecule has 0 aliphatic heterocycles. The normalized spacial score (nSPS) is 13.1. The summed E-state index contributed by atoms with van der Waals surface area (Å²) < 4.78 is 15.1. The molecule has 2 aromatic carbocycles. The fourth-order valence-electron chi connectivity index (χ4n) is 3.01. The van der Waals surface area contributed by atoms with E-state index in [1.807, 2.05) is 43.5 Å². The van der Waals surface area contributed by atoms with Crippen LogP contribution in [0.1, 0.15) is 43.8 Å².